The van der Waals surface area contributed by atoms with Crippen LogP contribution in [-0.2, 0) is 18.8 Å². The van der Waals surface area contributed by atoms with Gasteiger partial charge in [-0.15, -0.1) is 0 Å². The van der Waals surface area contributed by atoms with E-state index in [0.29, 0.717) is 37.7 Å². The predicted molar refractivity (Wildman–Crippen MR) is 137 cm³/mol. The highest BCUT2D eigenvalue weighted by atomic mass is 19.4. The topological polar surface area (TPSA) is 24.9 Å². The second kappa shape index (κ2) is 11.8. The smallest absolute Gasteiger partial charge is 0.416 e. The molecular formula is C29H29F6N2O2. The SMILES string of the molecule is COc1cc(OC)cc(N2CCN(C([CH]Cc3cc(C(F)(F)F)cc(C(F)(F)F)c3)c3ccccc3)CC2)c1. The molecule has 0 N–H and O–H groups in total. The minimum atomic E-state index is -4.88. The zero-order valence-corrected chi connectivity index (χ0v) is 21.5. The van der Waals surface area contributed by atoms with E-state index < -0.39 is 23.5 Å². The normalized spacial score (nSPS) is 15.7. The Labute approximate surface area is 223 Å². The molecule has 0 saturated carbocycles. The van der Waals surface area contributed by atoms with E-state index in [1.54, 1.807) is 26.7 Å². The Morgan fingerprint density at radius 3 is 1.77 bits per heavy atom. The van der Waals surface area contributed by atoms with Crippen LogP contribution < -0.4 is 14.4 Å². The largest absolute Gasteiger partial charge is 0.497 e. The summed E-state index contributed by atoms with van der Waals surface area (Å²) in [6, 6.07) is 16.5. The molecule has 1 saturated heterocycles. The van der Waals surface area contributed by atoms with Crippen LogP contribution in [0, 0.1) is 6.42 Å². The molecule has 1 unspecified atom stereocenters. The van der Waals surface area contributed by atoms with Crippen LogP contribution in [0.25, 0.3) is 0 Å². The Morgan fingerprint density at radius 1 is 0.744 bits per heavy atom. The highest BCUT2D eigenvalue weighted by Crippen LogP contribution is 2.37. The molecule has 3 aromatic carbocycles. The fraction of sp³-hybridized carbons (Fsp3) is 0.345. The lowest BCUT2D eigenvalue weighted by Gasteiger charge is -2.40. The van der Waals surface area contributed by atoms with Crippen molar-refractivity contribution in [3.8, 4) is 11.5 Å². The van der Waals surface area contributed by atoms with Crippen LogP contribution in [0.5, 0.6) is 11.5 Å². The molecule has 0 aliphatic carbocycles. The van der Waals surface area contributed by atoms with Gasteiger partial charge in [-0.3, -0.25) is 4.90 Å². The molecule has 3 aromatic rings. The summed E-state index contributed by atoms with van der Waals surface area (Å²) in [7, 11) is 3.16. The predicted octanol–water partition coefficient (Wildman–Crippen LogP) is 7.05. The summed E-state index contributed by atoms with van der Waals surface area (Å²) in [5.41, 5.74) is -0.800. The molecule has 1 aliphatic heterocycles. The number of hydrogen-bond donors (Lipinski definition) is 0. The van der Waals surface area contributed by atoms with E-state index in [0.717, 1.165) is 23.4 Å². The molecule has 4 rings (SSSR count). The Balaban J connectivity index is 1.54. The zero-order chi connectivity index (χ0) is 28.2. The first kappa shape index (κ1) is 28.6. The number of benzene rings is 3. The fourth-order valence-electron chi connectivity index (χ4n) is 4.76. The summed E-state index contributed by atoms with van der Waals surface area (Å²) >= 11 is 0. The van der Waals surface area contributed by atoms with Crippen LogP contribution in [0.4, 0.5) is 32.0 Å². The molecule has 39 heavy (non-hydrogen) atoms. The molecule has 10 heteroatoms. The van der Waals surface area contributed by atoms with Gasteiger partial charge in [-0.1, -0.05) is 30.3 Å². The van der Waals surface area contributed by atoms with Crippen LogP contribution >= 0.6 is 0 Å². The first-order valence-electron chi connectivity index (χ1n) is 12.4. The van der Waals surface area contributed by atoms with E-state index in [1.165, 1.54) is 0 Å². The zero-order valence-electron chi connectivity index (χ0n) is 21.5. The van der Waals surface area contributed by atoms with Gasteiger partial charge in [0.15, 0.2) is 0 Å². The third kappa shape index (κ3) is 7.17. The third-order valence-electron chi connectivity index (χ3n) is 6.77. The maximum atomic E-state index is 13.4. The van der Waals surface area contributed by atoms with E-state index in [-0.39, 0.29) is 24.1 Å². The van der Waals surface area contributed by atoms with Crippen molar-refractivity contribution in [2.75, 3.05) is 45.3 Å². The van der Waals surface area contributed by atoms with Crippen molar-refractivity contribution in [2.24, 2.45) is 0 Å². The Morgan fingerprint density at radius 2 is 1.28 bits per heavy atom. The van der Waals surface area contributed by atoms with Crippen LogP contribution in [0.3, 0.4) is 0 Å². The molecule has 1 heterocycles. The van der Waals surface area contributed by atoms with Crippen LogP contribution in [0.2, 0.25) is 0 Å². The van der Waals surface area contributed by atoms with Crippen molar-refractivity contribution in [2.45, 2.75) is 24.8 Å². The Hall–Kier alpha value is -3.40. The van der Waals surface area contributed by atoms with E-state index in [4.69, 9.17) is 9.47 Å². The van der Waals surface area contributed by atoms with Gasteiger partial charge < -0.3 is 14.4 Å². The minimum Gasteiger partial charge on any atom is -0.497 e. The molecular weight excluding hydrogens is 522 g/mol. The summed E-state index contributed by atoms with van der Waals surface area (Å²) in [6.45, 7) is 2.59. The second-order valence-corrected chi connectivity index (χ2v) is 9.30. The second-order valence-electron chi connectivity index (χ2n) is 9.30. The van der Waals surface area contributed by atoms with Crippen molar-refractivity contribution >= 4 is 5.69 Å². The van der Waals surface area contributed by atoms with Crippen molar-refractivity contribution in [3.63, 3.8) is 0 Å². The summed E-state index contributed by atoms with van der Waals surface area (Å²) in [5, 5.41) is 0. The van der Waals surface area contributed by atoms with Crippen molar-refractivity contribution in [1.29, 1.82) is 0 Å². The van der Waals surface area contributed by atoms with Gasteiger partial charge in [-0.25, -0.2) is 0 Å². The Bertz CT molecular complexity index is 1180. The van der Waals surface area contributed by atoms with Gasteiger partial charge in [-0.05, 0) is 42.2 Å². The van der Waals surface area contributed by atoms with Gasteiger partial charge >= 0.3 is 12.4 Å². The molecule has 1 atom stereocenters. The fourth-order valence-corrected chi connectivity index (χ4v) is 4.76. The molecule has 1 aliphatic rings. The van der Waals surface area contributed by atoms with Crippen LogP contribution in [0.1, 0.15) is 28.3 Å². The number of anilines is 1. The van der Waals surface area contributed by atoms with E-state index in [9.17, 15) is 26.3 Å². The van der Waals surface area contributed by atoms with Gasteiger partial charge in [0, 0.05) is 56.1 Å². The first-order valence-corrected chi connectivity index (χ1v) is 12.4. The van der Waals surface area contributed by atoms with Gasteiger partial charge in [0.2, 0.25) is 0 Å². The number of ether oxygens (including phenoxy) is 2. The van der Waals surface area contributed by atoms with Crippen molar-refractivity contribution in [3.05, 3.63) is 95.4 Å². The Kier molecular flexibility index (Phi) is 8.64. The number of hydrogen-bond acceptors (Lipinski definition) is 4. The molecule has 0 aromatic heterocycles. The molecule has 1 radical (unpaired) electrons. The molecule has 209 valence electrons. The maximum absolute atomic E-state index is 13.4. The van der Waals surface area contributed by atoms with Gasteiger partial charge in [0.1, 0.15) is 11.5 Å². The van der Waals surface area contributed by atoms with Crippen molar-refractivity contribution < 1.29 is 35.8 Å². The number of nitrogens with zero attached hydrogens (tertiary/aromatic N) is 2. The molecule has 0 bridgehead atoms. The molecule has 0 spiro atoms. The van der Waals surface area contributed by atoms with Gasteiger partial charge in [0.25, 0.3) is 0 Å². The highest BCUT2D eigenvalue weighted by Gasteiger charge is 2.37. The highest BCUT2D eigenvalue weighted by molar-refractivity contribution is 5.56. The van der Waals surface area contributed by atoms with Crippen molar-refractivity contribution in [1.82, 2.24) is 4.90 Å². The summed E-state index contributed by atoms with van der Waals surface area (Å²) in [5.74, 6) is 1.34. The lowest BCUT2D eigenvalue weighted by Crippen LogP contribution is -2.48. The molecule has 0 amide bonds. The van der Waals surface area contributed by atoms with Gasteiger partial charge in [-0.2, -0.15) is 26.3 Å². The quantitative estimate of drug-likeness (QED) is 0.280. The maximum Gasteiger partial charge on any atom is 0.416 e. The standard InChI is InChI=1S/C29H29F6N2O2/c1-38-25-17-24(18-26(19-25)39-2)36-10-12-37(13-11-36)27(21-6-4-3-5-7-21)9-8-20-14-22(28(30,31)32)16-23(15-20)29(33,34)35/h3-7,9,14-19,27H,8,10-13H2,1-2H3. The minimum absolute atomic E-state index is 0.0415. The summed E-state index contributed by atoms with van der Waals surface area (Å²) in [4.78, 5) is 4.37. The lowest BCUT2D eigenvalue weighted by molar-refractivity contribution is -0.143. The van der Waals surface area contributed by atoms with E-state index in [1.807, 2.05) is 42.5 Å². The third-order valence-corrected chi connectivity index (χ3v) is 6.77. The van der Waals surface area contributed by atoms with Gasteiger partial charge in [0.05, 0.1) is 25.3 Å². The number of alkyl halides is 6. The van der Waals surface area contributed by atoms with E-state index in [2.05, 4.69) is 9.80 Å². The monoisotopic (exact) mass is 551 g/mol. The number of piperazine rings is 1. The molecule has 1 fully saturated rings. The first-order chi connectivity index (χ1) is 18.5. The summed E-state index contributed by atoms with van der Waals surface area (Å²) < 4.78 is 90.9. The number of methoxy groups -OCH3 is 2. The number of rotatable bonds is 8. The van der Waals surface area contributed by atoms with Crippen LogP contribution in [0.15, 0.2) is 66.7 Å². The molecule has 4 nitrogen and oxygen atoms in total. The average Bonchev–Trinajstić information content (AvgIpc) is 2.92. The van der Waals surface area contributed by atoms with Crippen LogP contribution in [-0.4, -0.2) is 45.3 Å². The number of halogens is 6. The lowest BCUT2D eigenvalue weighted by atomic mass is 9.95. The average molecular weight is 552 g/mol. The summed E-state index contributed by atoms with van der Waals surface area (Å²) in [6.07, 6.45) is -8.03. The van der Waals surface area contributed by atoms with E-state index >= 15 is 0 Å².